The topological polar surface area (TPSA) is 246 Å². The summed E-state index contributed by atoms with van der Waals surface area (Å²) in [5.41, 5.74) is 15.1. The molecule has 46 heavy (non-hydrogen) atoms. The third-order valence-corrected chi connectivity index (χ3v) is 7.76. The fourth-order valence-corrected chi connectivity index (χ4v) is 5.32. The number of nitrogens with two attached hydrogens (primary N) is 2. The van der Waals surface area contributed by atoms with Crippen LogP contribution in [0.25, 0.3) is 21.8 Å². The molecule has 0 spiro atoms. The Labute approximate surface area is 264 Å². The van der Waals surface area contributed by atoms with Crippen LogP contribution in [0.2, 0.25) is 0 Å². The number of hydrogen-bond acceptors (Lipinski definition) is 7. The van der Waals surface area contributed by atoms with E-state index in [2.05, 4.69) is 25.9 Å². The lowest BCUT2D eigenvalue weighted by Gasteiger charge is -2.25. The van der Waals surface area contributed by atoms with E-state index < -0.39 is 60.2 Å². The lowest BCUT2D eigenvalue weighted by atomic mass is 10.0. The van der Waals surface area contributed by atoms with Gasteiger partial charge >= 0.3 is 11.9 Å². The Morgan fingerprint density at radius 1 is 0.696 bits per heavy atom. The smallest absolute Gasteiger partial charge is 0.326 e. The van der Waals surface area contributed by atoms with E-state index in [4.69, 9.17) is 16.6 Å². The lowest BCUT2D eigenvalue weighted by Crippen LogP contribution is -2.58. The number of carbonyl (C=O) groups excluding carboxylic acids is 3. The molecule has 4 rings (SSSR count). The highest BCUT2D eigenvalue weighted by molar-refractivity contribution is 5.95. The van der Waals surface area contributed by atoms with Crippen LogP contribution in [0.3, 0.4) is 0 Å². The first-order chi connectivity index (χ1) is 22.1. The number of aromatic nitrogens is 2. The lowest BCUT2D eigenvalue weighted by molar-refractivity contribution is -0.147. The molecule has 14 heteroatoms. The number of carboxylic acid groups (broad SMARTS) is 2. The number of rotatable bonds is 17. The van der Waals surface area contributed by atoms with Crippen LogP contribution in [-0.2, 0) is 36.8 Å². The highest BCUT2D eigenvalue weighted by atomic mass is 16.4. The van der Waals surface area contributed by atoms with Gasteiger partial charge in [0, 0.05) is 40.6 Å². The van der Waals surface area contributed by atoms with Crippen molar-refractivity contribution >= 4 is 51.5 Å². The molecule has 0 saturated carbocycles. The zero-order valence-corrected chi connectivity index (χ0v) is 25.1. The van der Waals surface area contributed by atoms with Crippen LogP contribution < -0.4 is 27.4 Å². The second-order valence-corrected chi connectivity index (χ2v) is 11.1. The summed E-state index contributed by atoms with van der Waals surface area (Å²) in [6, 6.07) is 9.79. The van der Waals surface area contributed by atoms with Crippen molar-refractivity contribution in [2.24, 2.45) is 11.5 Å². The SMILES string of the molecule is NCCCCC(NC(=O)C(N)Cc1c[nH]c2ccccc12)C(=O)NC(Cc1c[nH]c2ccccc12)C(=O)NC(CC(=O)O)C(=O)O. The molecule has 0 radical (unpaired) electrons. The summed E-state index contributed by atoms with van der Waals surface area (Å²) in [5, 5.41) is 28.0. The Bertz CT molecular complexity index is 1700. The fourth-order valence-electron chi connectivity index (χ4n) is 5.32. The number of carbonyl (C=O) groups is 5. The molecule has 4 unspecified atom stereocenters. The Balaban J connectivity index is 1.53. The maximum atomic E-state index is 13.7. The fraction of sp³-hybridized carbons (Fsp3) is 0.344. The number of amides is 3. The third-order valence-electron chi connectivity index (χ3n) is 7.76. The summed E-state index contributed by atoms with van der Waals surface area (Å²) in [6.45, 7) is 0.369. The summed E-state index contributed by atoms with van der Waals surface area (Å²) in [7, 11) is 0. The minimum atomic E-state index is -1.73. The van der Waals surface area contributed by atoms with Gasteiger partial charge in [0.05, 0.1) is 12.5 Å². The molecule has 11 N–H and O–H groups in total. The van der Waals surface area contributed by atoms with Crippen LogP contribution in [-0.4, -0.2) is 80.6 Å². The van der Waals surface area contributed by atoms with E-state index in [9.17, 15) is 29.1 Å². The Morgan fingerprint density at radius 2 is 1.22 bits per heavy atom. The van der Waals surface area contributed by atoms with Gasteiger partial charge in [0.2, 0.25) is 17.7 Å². The summed E-state index contributed by atoms with van der Waals surface area (Å²) < 4.78 is 0. The molecule has 4 aromatic rings. The first-order valence-corrected chi connectivity index (χ1v) is 15.0. The quantitative estimate of drug-likeness (QED) is 0.0749. The van der Waals surface area contributed by atoms with Gasteiger partial charge in [0.15, 0.2) is 0 Å². The maximum Gasteiger partial charge on any atom is 0.326 e. The van der Waals surface area contributed by atoms with E-state index >= 15 is 0 Å². The zero-order valence-electron chi connectivity index (χ0n) is 25.1. The van der Waals surface area contributed by atoms with Crippen LogP contribution in [0.1, 0.15) is 36.8 Å². The van der Waals surface area contributed by atoms with Crippen molar-refractivity contribution in [2.75, 3.05) is 6.54 Å². The van der Waals surface area contributed by atoms with Crippen molar-refractivity contribution in [1.29, 1.82) is 0 Å². The van der Waals surface area contributed by atoms with Crippen molar-refractivity contribution in [1.82, 2.24) is 25.9 Å². The molecule has 2 aromatic heterocycles. The largest absolute Gasteiger partial charge is 0.481 e. The molecule has 0 bridgehead atoms. The Morgan fingerprint density at radius 3 is 1.78 bits per heavy atom. The van der Waals surface area contributed by atoms with E-state index in [0.717, 1.165) is 27.4 Å². The summed E-state index contributed by atoms with van der Waals surface area (Å²) >= 11 is 0. The van der Waals surface area contributed by atoms with Crippen molar-refractivity contribution in [3.63, 3.8) is 0 Å². The molecule has 14 nitrogen and oxygen atoms in total. The standard InChI is InChI=1S/C32H39N7O7/c33-12-6-5-11-25(37-29(42)22(34)13-18-16-35-23-9-3-1-7-20(18)23)30(43)38-26(31(44)39-27(32(45)46)15-28(40)41)14-19-17-36-24-10-4-2-8-21(19)24/h1-4,7-10,16-17,22,25-27,35-36H,5-6,11-15,33-34H2,(H,37,42)(H,38,43)(H,39,44)(H,40,41)(H,45,46). The van der Waals surface area contributed by atoms with Gasteiger partial charge in [-0.05, 0) is 55.5 Å². The van der Waals surface area contributed by atoms with Crippen LogP contribution in [0, 0.1) is 0 Å². The van der Waals surface area contributed by atoms with Gasteiger partial charge in [-0.2, -0.15) is 0 Å². The van der Waals surface area contributed by atoms with Gasteiger partial charge < -0.3 is 47.6 Å². The zero-order chi connectivity index (χ0) is 33.2. The van der Waals surface area contributed by atoms with Crippen LogP contribution >= 0.6 is 0 Å². The van der Waals surface area contributed by atoms with Crippen molar-refractivity contribution in [3.8, 4) is 0 Å². The number of fused-ring (bicyclic) bond motifs is 2. The normalized spacial score (nSPS) is 13.9. The van der Waals surface area contributed by atoms with Gasteiger partial charge in [-0.1, -0.05) is 36.4 Å². The van der Waals surface area contributed by atoms with Crippen LogP contribution in [0.15, 0.2) is 60.9 Å². The number of para-hydroxylation sites is 2. The summed E-state index contributed by atoms with van der Waals surface area (Å²) in [4.78, 5) is 69.5. The first kappa shape index (κ1) is 33.7. The van der Waals surface area contributed by atoms with E-state index in [0.29, 0.717) is 24.9 Å². The highest BCUT2D eigenvalue weighted by Crippen LogP contribution is 2.20. The number of benzene rings is 2. The summed E-state index contributed by atoms with van der Waals surface area (Å²) in [6.07, 6.45) is 4.03. The monoisotopic (exact) mass is 633 g/mol. The minimum Gasteiger partial charge on any atom is -0.481 e. The molecule has 4 atom stereocenters. The molecular formula is C32H39N7O7. The number of aromatic amines is 2. The Kier molecular flexibility index (Phi) is 11.5. The van der Waals surface area contributed by atoms with Crippen LogP contribution in [0.5, 0.6) is 0 Å². The van der Waals surface area contributed by atoms with Crippen LogP contribution in [0.4, 0.5) is 0 Å². The highest BCUT2D eigenvalue weighted by Gasteiger charge is 2.32. The molecule has 2 aromatic carbocycles. The number of nitrogens with one attached hydrogen (secondary N) is 5. The van der Waals surface area contributed by atoms with Crippen molar-refractivity contribution in [2.45, 2.75) is 62.7 Å². The van der Waals surface area contributed by atoms with Crippen molar-refractivity contribution < 1.29 is 34.2 Å². The van der Waals surface area contributed by atoms with E-state index in [1.165, 1.54) is 0 Å². The molecule has 3 amide bonds. The molecule has 0 aliphatic rings. The van der Waals surface area contributed by atoms with E-state index in [1.807, 2.05) is 48.5 Å². The summed E-state index contributed by atoms with van der Waals surface area (Å²) in [5.74, 6) is -5.10. The predicted molar refractivity (Wildman–Crippen MR) is 171 cm³/mol. The maximum absolute atomic E-state index is 13.7. The molecule has 0 aliphatic carbocycles. The second-order valence-electron chi connectivity index (χ2n) is 11.1. The average Bonchev–Trinajstić information content (AvgIpc) is 3.63. The number of aliphatic carboxylic acids is 2. The van der Waals surface area contributed by atoms with Gasteiger partial charge in [0.1, 0.15) is 18.1 Å². The number of hydrogen-bond donors (Lipinski definition) is 9. The van der Waals surface area contributed by atoms with Gasteiger partial charge in [-0.3, -0.25) is 19.2 Å². The molecule has 2 heterocycles. The minimum absolute atomic E-state index is 0.0511. The molecular weight excluding hydrogens is 594 g/mol. The van der Waals surface area contributed by atoms with E-state index in [1.54, 1.807) is 12.4 Å². The third kappa shape index (κ3) is 8.70. The van der Waals surface area contributed by atoms with E-state index in [-0.39, 0.29) is 19.3 Å². The first-order valence-electron chi connectivity index (χ1n) is 15.0. The molecule has 244 valence electrons. The van der Waals surface area contributed by atoms with Gasteiger partial charge in [0.25, 0.3) is 0 Å². The van der Waals surface area contributed by atoms with Gasteiger partial charge in [-0.25, -0.2) is 4.79 Å². The molecule has 0 fully saturated rings. The number of unbranched alkanes of at least 4 members (excludes halogenated alkanes) is 1. The molecule has 0 saturated heterocycles. The Hall–Kier alpha value is -5.21. The average molecular weight is 634 g/mol. The predicted octanol–water partition coefficient (Wildman–Crippen LogP) is 0.904. The second kappa shape index (κ2) is 15.7. The van der Waals surface area contributed by atoms with Crippen molar-refractivity contribution in [3.05, 3.63) is 72.1 Å². The van der Waals surface area contributed by atoms with Gasteiger partial charge in [-0.15, -0.1) is 0 Å². The number of carboxylic acids is 2. The molecule has 0 aliphatic heterocycles. The number of H-pyrrole nitrogens is 2.